The van der Waals surface area contributed by atoms with Crippen LogP contribution >= 0.6 is 0 Å². The van der Waals surface area contributed by atoms with E-state index in [2.05, 4.69) is 148 Å². The normalized spacial score (nSPS) is 14.4. The van der Waals surface area contributed by atoms with Gasteiger partial charge in [-0.15, -0.1) is 0 Å². The molecule has 0 amide bonds. The quantitative estimate of drug-likeness (QED) is 0.212. The number of pyridine rings is 2. The van der Waals surface area contributed by atoms with Crippen molar-refractivity contribution < 1.29 is 0 Å². The molecule has 4 heterocycles. The van der Waals surface area contributed by atoms with Crippen LogP contribution in [0.5, 0.6) is 0 Å². The lowest BCUT2D eigenvalue weighted by atomic mass is 9.93. The Kier molecular flexibility index (Phi) is 5.85. The van der Waals surface area contributed by atoms with E-state index in [1.54, 1.807) is 0 Å². The Balaban J connectivity index is 1.27. The van der Waals surface area contributed by atoms with E-state index in [-0.39, 0.29) is 6.04 Å². The fourth-order valence-electron chi connectivity index (χ4n) is 6.83. The minimum absolute atomic E-state index is 0.0200. The Morgan fingerprint density at radius 1 is 0.600 bits per heavy atom. The van der Waals surface area contributed by atoms with Crippen molar-refractivity contribution in [1.82, 2.24) is 19.9 Å². The number of para-hydroxylation sites is 1. The molecule has 1 unspecified atom stereocenters. The zero-order valence-electron chi connectivity index (χ0n) is 24.4. The Morgan fingerprint density at radius 3 is 2.29 bits per heavy atom. The van der Waals surface area contributed by atoms with Crippen LogP contribution in [0.2, 0.25) is 0 Å². The molecule has 0 fully saturated rings. The minimum Gasteiger partial charge on any atom is -0.379 e. The van der Waals surface area contributed by atoms with E-state index in [4.69, 9.17) is 4.98 Å². The fraction of sp³-hybridized carbons (Fsp3) is 0.0244. The lowest BCUT2D eigenvalue weighted by Crippen LogP contribution is -2.16. The molecule has 1 N–H and O–H groups in total. The highest BCUT2D eigenvalue weighted by Gasteiger charge is 2.18. The van der Waals surface area contributed by atoms with Gasteiger partial charge in [0.15, 0.2) is 0 Å². The van der Waals surface area contributed by atoms with E-state index >= 15 is 0 Å². The number of rotatable bonds is 4. The molecular formula is C41H28N4. The lowest BCUT2D eigenvalue weighted by molar-refractivity contribution is 0.722. The number of nitrogens with zero attached hydrogens (tertiary/aromatic N) is 3. The third kappa shape index (κ3) is 4.22. The SMILES string of the molecule is C1=CNC(c2cc(-c3cccc(-n4c5ccccc5c5cnccc54)c3)cc(-c3cc4ccccc4c4ccccc34)n2)C=C1. The number of allylic oxidation sites excluding steroid dienone is 2. The van der Waals surface area contributed by atoms with Gasteiger partial charge in [0.2, 0.25) is 0 Å². The molecule has 0 saturated heterocycles. The second-order valence-electron chi connectivity index (χ2n) is 11.5. The Labute approximate surface area is 260 Å². The summed E-state index contributed by atoms with van der Waals surface area (Å²) in [6.45, 7) is 0. The highest BCUT2D eigenvalue weighted by Crippen LogP contribution is 2.38. The van der Waals surface area contributed by atoms with Crippen LogP contribution in [0.3, 0.4) is 0 Å². The summed E-state index contributed by atoms with van der Waals surface area (Å²) >= 11 is 0. The fourth-order valence-corrected chi connectivity index (χ4v) is 6.83. The van der Waals surface area contributed by atoms with Crippen molar-refractivity contribution in [2.45, 2.75) is 6.04 Å². The summed E-state index contributed by atoms with van der Waals surface area (Å²) in [5, 5.41) is 10.7. The van der Waals surface area contributed by atoms with Gasteiger partial charge in [-0.05, 0) is 87.4 Å². The molecule has 3 aromatic heterocycles. The number of nitrogens with one attached hydrogen (secondary N) is 1. The summed E-state index contributed by atoms with van der Waals surface area (Å²) in [5.41, 5.74) is 8.76. The second kappa shape index (κ2) is 10.3. The highest BCUT2D eigenvalue weighted by molar-refractivity contribution is 6.13. The van der Waals surface area contributed by atoms with E-state index in [0.29, 0.717) is 0 Å². The Bertz CT molecular complexity index is 2430. The van der Waals surface area contributed by atoms with Crippen LogP contribution in [0.15, 0.2) is 158 Å². The van der Waals surface area contributed by atoms with Crippen LogP contribution in [0.4, 0.5) is 0 Å². The topological polar surface area (TPSA) is 42.7 Å². The second-order valence-corrected chi connectivity index (χ2v) is 11.5. The summed E-state index contributed by atoms with van der Waals surface area (Å²) in [4.78, 5) is 9.74. The van der Waals surface area contributed by atoms with Gasteiger partial charge in [-0.25, -0.2) is 0 Å². The predicted molar refractivity (Wildman–Crippen MR) is 186 cm³/mol. The van der Waals surface area contributed by atoms with Gasteiger partial charge in [-0.2, -0.15) is 0 Å². The largest absolute Gasteiger partial charge is 0.379 e. The molecule has 0 radical (unpaired) electrons. The maximum absolute atomic E-state index is 5.30. The number of dihydropyridines is 1. The van der Waals surface area contributed by atoms with E-state index in [0.717, 1.165) is 44.7 Å². The summed E-state index contributed by atoms with van der Waals surface area (Å²) in [6.07, 6.45) is 12.1. The van der Waals surface area contributed by atoms with Crippen molar-refractivity contribution in [1.29, 1.82) is 0 Å². The molecule has 45 heavy (non-hydrogen) atoms. The van der Waals surface area contributed by atoms with Crippen molar-refractivity contribution in [3.05, 3.63) is 164 Å². The third-order valence-corrected chi connectivity index (χ3v) is 8.91. The van der Waals surface area contributed by atoms with Crippen LogP contribution in [-0.4, -0.2) is 14.5 Å². The lowest BCUT2D eigenvalue weighted by Gasteiger charge is -2.19. The first-order valence-corrected chi connectivity index (χ1v) is 15.3. The van der Waals surface area contributed by atoms with Gasteiger partial charge in [0.05, 0.1) is 28.5 Å². The average Bonchev–Trinajstić information content (AvgIpc) is 3.46. The number of hydrogen-bond acceptors (Lipinski definition) is 3. The van der Waals surface area contributed by atoms with Gasteiger partial charge in [-0.3, -0.25) is 9.97 Å². The minimum atomic E-state index is -0.0200. The Morgan fingerprint density at radius 2 is 1.40 bits per heavy atom. The molecule has 1 aliphatic heterocycles. The molecule has 4 nitrogen and oxygen atoms in total. The van der Waals surface area contributed by atoms with Crippen molar-refractivity contribution >= 4 is 43.4 Å². The number of hydrogen-bond donors (Lipinski definition) is 1. The molecule has 212 valence electrons. The Hall–Kier alpha value is -6.00. The van der Waals surface area contributed by atoms with Crippen LogP contribution in [0, 0.1) is 0 Å². The van der Waals surface area contributed by atoms with Crippen molar-refractivity contribution in [3.63, 3.8) is 0 Å². The molecule has 0 aliphatic carbocycles. The number of benzene rings is 5. The standard InChI is InChI=1S/C41H28N4/c1-2-13-31-28(10-1)23-35(33-15-4-3-14-32(31)33)38-24-29(25-39(44-38)37-17-7-8-20-43-37)27-11-9-12-30(22-27)45-40-18-6-5-16-34(40)36-26-42-21-19-41(36)45/h1-26,37,43H. The molecule has 1 atom stereocenters. The van der Waals surface area contributed by atoms with Gasteiger partial charge in [0.25, 0.3) is 0 Å². The summed E-state index contributed by atoms with van der Waals surface area (Å²) in [7, 11) is 0. The van der Waals surface area contributed by atoms with Gasteiger partial charge < -0.3 is 9.88 Å². The van der Waals surface area contributed by atoms with Crippen LogP contribution in [-0.2, 0) is 0 Å². The van der Waals surface area contributed by atoms with Gasteiger partial charge in [0, 0.05) is 34.4 Å². The van der Waals surface area contributed by atoms with E-state index < -0.39 is 0 Å². The summed E-state index contributed by atoms with van der Waals surface area (Å²) in [6, 6.07) is 43.5. The molecular weight excluding hydrogens is 548 g/mol. The van der Waals surface area contributed by atoms with Crippen molar-refractivity contribution in [2.24, 2.45) is 0 Å². The van der Waals surface area contributed by atoms with Crippen molar-refractivity contribution in [3.8, 4) is 28.1 Å². The maximum Gasteiger partial charge on any atom is 0.0869 e. The van der Waals surface area contributed by atoms with Crippen LogP contribution in [0.1, 0.15) is 11.7 Å². The van der Waals surface area contributed by atoms with Crippen LogP contribution < -0.4 is 5.32 Å². The number of fused-ring (bicyclic) bond motifs is 6. The number of aromatic nitrogens is 3. The smallest absolute Gasteiger partial charge is 0.0869 e. The van der Waals surface area contributed by atoms with Gasteiger partial charge >= 0.3 is 0 Å². The van der Waals surface area contributed by atoms with E-state index in [1.807, 2.05) is 24.7 Å². The van der Waals surface area contributed by atoms with Crippen LogP contribution in [0.25, 0.3) is 71.4 Å². The molecule has 0 saturated carbocycles. The molecule has 1 aliphatic rings. The maximum atomic E-state index is 5.30. The predicted octanol–water partition coefficient (Wildman–Crippen LogP) is 9.93. The molecule has 0 spiro atoms. The average molecular weight is 577 g/mol. The molecule has 9 rings (SSSR count). The monoisotopic (exact) mass is 576 g/mol. The first kappa shape index (κ1) is 25.5. The first-order valence-electron chi connectivity index (χ1n) is 15.3. The molecule has 4 heteroatoms. The zero-order chi connectivity index (χ0) is 29.7. The highest BCUT2D eigenvalue weighted by atomic mass is 15.0. The van der Waals surface area contributed by atoms with Gasteiger partial charge in [0.1, 0.15) is 0 Å². The summed E-state index contributed by atoms with van der Waals surface area (Å²) in [5.74, 6) is 0. The van der Waals surface area contributed by atoms with E-state index in [9.17, 15) is 0 Å². The molecule has 8 aromatic rings. The third-order valence-electron chi connectivity index (χ3n) is 8.91. The van der Waals surface area contributed by atoms with Crippen molar-refractivity contribution in [2.75, 3.05) is 0 Å². The molecule has 0 bridgehead atoms. The molecule has 5 aromatic carbocycles. The van der Waals surface area contributed by atoms with E-state index in [1.165, 1.54) is 32.4 Å². The first-order chi connectivity index (χ1) is 22.3. The van der Waals surface area contributed by atoms with Gasteiger partial charge in [-0.1, -0.05) is 91.0 Å². The summed E-state index contributed by atoms with van der Waals surface area (Å²) < 4.78 is 2.34. The zero-order valence-corrected chi connectivity index (χ0v) is 24.4.